The van der Waals surface area contributed by atoms with Crippen molar-refractivity contribution in [3.8, 4) is 0 Å². The fourth-order valence-corrected chi connectivity index (χ4v) is 4.92. The molecule has 9 nitrogen and oxygen atoms in total. The van der Waals surface area contributed by atoms with Crippen LogP contribution in [0.1, 0.15) is 25.6 Å². The van der Waals surface area contributed by atoms with Gasteiger partial charge in [0.1, 0.15) is 10.3 Å². The molecule has 0 aliphatic heterocycles. The molecule has 0 radical (unpaired) electrons. The van der Waals surface area contributed by atoms with E-state index in [1.807, 2.05) is 0 Å². The van der Waals surface area contributed by atoms with Crippen LogP contribution in [0.4, 0.5) is 0 Å². The van der Waals surface area contributed by atoms with Crippen LogP contribution in [-0.4, -0.2) is 54.7 Å². The molecule has 25 heavy (non-hydrogen) atoms. The van der Waals surface area contributed by atoms with Crippen molar-refractivity contribution in [1.29, 1.82) is 0 Å². The minimum atomic E-state index is -4.05. The molecule has 0 aromatic carbocycles. The highest BCUT2D eigenvalue weighted by atomic mass is 32.2. The van der Waals surface area contributed by atoms with Crippen molar-refractivity contribution < 1.29 is 27.9 Å². The van der Waals surface area contributed by atoms with Crippen molar-refractivity contribution in [2.24, 2.45) is 0 Å². The number of carbonyl (C=O) groups excluding carboxylic acids is 2. The quantitative estimate of drug-likeness (QED) is 0.542. The first-order chi connectivity index (χ1) is 11.6. The lowest BCUT2D eigenvalue weighted by atomic mass is 10.3. The number of nitrogens with one attached hydrogen (secondary N) is 2. The van der Waals surface area contributed by atoms with Crippen LogP contribution in [0, 0.1) is 0 Å². The lowest BCUT2D eigenvalue weighted by Crippen LogP contribution is -2.46. The van der Waals surface area contributed by atoms with E-state index >= 15 is 0 Å². The third-order valence-corrected chi connectivity index (χ3v) is 6.73. The summed E-state index contributed by atoms with van der Waals surface area (Å²) in [5.74, 6) is -1.87. The van der Waals surface area contributed by atoms with Gasteiger partial charge in [-0.3, -0.25) is 14.4 Å². The Morgan fingerprint density at radius 3 is 2.32 bits per heavy atom. The molecule has 0 fully saturated rings. The number of carbonyl (C=O) groups is 3. The maximum Gasteiger partial charge on any atom is 0.321 e. The van der Waals surface area contributed by atoms with Gasteiger partial charge in [-0.2, -0.15) is 4.31 Å². The number of carboxylic acid groups (broad SMARTS) is 1. The van der Waals surface area contributed by atoms with Crippen LogP contribution in [0.5, 0.6) is 0 Å². The smallest absolute Gasteiger partial charge is 0.321 e. The lowest BCUT2D eigenvalue weighted by Gasteiger charge is -2.25. The number of hydrogen-bond acceptors (Lipinski definition) is 6. The maximum absolute atomic E-state index is 12.8. The van der Waals surface area contributed by atoms with Gasteiger partial charge in [0.15, 0.2) is 0 Å². The molecule has 1 heterocycles. The first-order valence-electron chi connectivity index (χ1n) is 7.38. The molecule has 0 aliphatic rings. The van der Waals surface area contributed by atoms with Crippen LogP contribution in [0.15, 0.2) is 16.3 Å². The summed E-state index contributed by atoms with van der Waals surface area (Å²) in [6, 6.07) is 1.64. The summed E-state index contributed by atoms with van der Waals surface area (Å²) in [6.45, 7) is 3.91. The van der Waals surface area contributed by atoms with Gasteiger partial charge in [-0.1, -0.05) is 0 Å². The van der Waals surface area contributed by atoms with Crippen molar-refractivity contribution >= 4 is 39.1 Å². The third kappa shape index (κ3) is 6.11. The molecule has 0 aliphatic carbocycles. The molecule has 2 amide bonds. The van der Waals surface area contributed by atoms with Gasteiger partial charge in [0, 0.05) is 31.8 Å². The van der Waals surface area contributed by atoms with Crippen LogP contribution in [-0.2, 0) is 31.0 Å². The Morgan fingerprint density at radius 1 is 1.20 bits per heavy atom. The van der Waals surface area contributed by atoms with Gasteiger partial charge in [-0.15, -0.1) is 11.3 Å². The van der Waals surface area contributed by atoms with E-state index in [0.29, 0.717) is 4.88 Å². The summed E-state index contributed by atoms with van der Waals surface area (Å²) in [5.41, 5.74) is 0. The number of thiophene rings is 1. The molecule has 140 valence electrons. The summed E-state index contributed by atoms with van der Waals surface area (Å²) in [4.78, 5) is 33.8. The van der Waals surface area contributed by atoms with Gasteiger partial charge in [0.25, 0.3) is 10.0 Å². The number of hydrogen-bond donors (Lipinski definition) is 3. The minimum Gasteiger partial charge on any atom is -0.480 e. The zero-order valence-corrected chi connectivity index (χ0v) is 15.7. The zero-order valence-electron chi connectivity index (χ0n) is 14.1. The maximum atomic E-state index is 12.8. The van der Waals surface area contributed by atoms with Gasteiger partial charge in [0.2, 0.25) is 11.8 Å². The number of nitrogens with zero attached hydrogens (tertiary/aromatic N) is 1. The van der Waals surface area contributed by atoms with Crippen molar-refractivity contribution in [3.05, 3.63) is 17.0 Å². The second kappa shape index (κ2) is 8.92. The highest BCUT2D eigenvalue weighted by Crippen LogP contribution is 2.26. The summed E-state index contributed by atoms with van der Waals surface area (Å²) >= 11 is 0.954. The number of sulfonamides is 1. The first-order valence-corrected chi connectivity index (χ1v) is 9.63. The van der Waals surface area contributed by atoms with E-state index < -0.39 is 22.0 Å². The molecule has 3 N–H and O–H groups in total. The van der Waals surface area contributed by atoms with Crippen LogP contribution >= 0.6 is 11.3 Å². The van der Waals surface area contributed by atoms with Gasteiger partial charge >= 0.3 is 5.97 Å². The normalized spacial score (nSPS) is 12.6. The molecule has 0 bridgehead atoms. The van der Waals surface area contributed by atoms with Crippen molar-refractivity contribution in [1.82, 2.24) is 14.9 Å². The van der Waals surface area contributed by atoms with E-state index in [1.165, 1.54) is 26.8 Å². The van der Waals surface area contributed by atoms with Gasteiger partial charge in [-0.25, -0.2) is 8.42 Å². The average molecular weight is 391 g/mol. The first kappa shape index (κ1) is 21.1. The van der Waals surface area contributed by atoms with E-state index in [4.69, 9.17) is 0 Å². The fraction of sp³-hybridized carbons (Fsp3) is 0.500. The molecule has 0 saturated carbocycles. The molecule has 0 saturated heterocycles. The Kier molecular flexibility index (Phi) is 7.52. The monoisotopic (exact) mass is 391 g/mol. The van der Waals surface area contributed by atoms with Gasteiger partial charge in [-0.05, 0) is 19.1 Å². The van der Waals surface area contributed by atoms with E-state index in [-0.39, 0.29) is 35.7 Å². The second-order valence-electron chi connectivity index (χ2n) is 5.24. The van der Waals surface area contributed by atoms with E-state index in [9.17, 15) is 27.9 Å². The number of amides is 2. The Balaban J connectivity index is 3.03. The lowest BCUT2D eigenvalue weighted by molar-refractivity contribution is -0.140. The molecule has 1 aromatic rings. The number of carboxylic acids is 1. The SMILES string of the molecule is CC(=O)NCCN(C(C)C(=O)O)S(=O)(=O)c1ccc(CNC(C)=O)s1. The summed E-state index contributed by atoms with van der Waals surface area (Å²) in [7, 11) is -4.05. The summed E-state index contributed by atoms with van der Waals surface area (Å²) in [5, 5.41) is 14.2. The highest BCUT2D eigenvalue weighted by Gasteiger charge is 2.33. The Bertz CT molecular complexity index is 744. The van der Waals surface area contributed by atoms with E-state index in [2.05, 4.69) is 10.6 Å². The van der Waals surface area contributed by atoms with Crippen LogP contribution < -0.4 is 10.6 Å². The second-order valence-corrected chi connectivity index (χ2v) is 8.53. The number of rotatable bonds is 9. The van der Waals surface area contributed by atoms with E-state index in [0.717, 1.165) is 15.6 Å². The third-order valence-electron chi connectivity index (χ3n) is 3.21. The highest BCUT2D eigenvalue weighted by molar-refractivity contribution is 7.91. The molecule has 0 spiro atoms. The van der Waals surface area contributed by atoms with Crippen LogP contribution in [0.2, 0.25) is 0 Å². The molecule has 1 aromatic heterocycles. The van der Waals surface area contributed by atoms with Crippen molar-refractivity contribution in [2.75, 3.05) is 13.1 Å². The number of aliphatic carboxylic acids is 1. The van der Waals surface area contributed by atoms with Gasteiger partial charge < -0.3 is 15.7 Å². The zero-order chi connectivity index (χ0) is 19.2. The summed E-state index contributed by atoms with van der Waals surface area (Å²) < 4.78 is 26.4. The van der Waals surface area contributed by atoms with Crippen LogP contribution in [0.25, 0.3) is 0 Å². The Morgan fingerprint density at radius 2 is 1.80 bits per heavy atom. The predicted octanol–water partition coefficient (Wildman–Crippen LogP) is -0.0159. The Labute approximate surface area is 150 Å². The minimum absolute atomic E-state index is 0.00366. The van der Waals surface area contributed by atoms with Gasteiger partial charge in [0.05, 0.1) is 6.54 Å². The topological polar surface area (TPSA) is 133 Å². The molecular formula is C14H21N3O6S2. The predicted molar refractivity (Wildman–Crippen MR) is 91.5 cm³/mol. The molecule has 1 atom stereocenters. The van der Waals surface area contributed by atoms with Crippen LogP contribution in [0.3, 0.4) is 0 Å². The molecule has 1 unspecified atom stereocenters. The molecular weight excluding hydrogens is 370 g/mol. The average Bonchev–Trinajstić information content (AvgIpc) is 2.98. The van der Waals surface area contributed by atoms with E-state index in [1.54, 1.807) is 6.07 Å². The largest absolute Gasteiger partial charge is 0.480 e. The summed E-state index contributed by atoms with van der Waals surface area (Å²) in [6.07, 6.45) is 0. The van der Waals surface area contributed by atoms with Crippen molar-refractivity contribution in [3.63, 3.8) is 0 Å². The molecule has 11 heteroatoms. The fourth-order valence-electron chi connectivity index (χ4n) is 1.91. The standard InChI is InChI=1S/C14H21N3O6S2/c1-9(14(20)21)17(7-6-15-10(2)18)25(22,23)13-5-4-12(24-13)8-16-11(3)19/h4-5,9H,6-8H2,1-3H3,(H,15,18)(H,16,19)(H,20,21). The molecule has 1 rings (SSSR count). The Hall–Kier alpha value is -1.98. The van der Waals surface area contributed by atoms with Crippen molar-refractivity contribution in [2.45, 2.75) is 37.6 Å².